The Morgan fingerprint density at radius 3 is 2.30 bits per heavy atom. The van der Waals surface area contributed by atoms with Gasteiger partial charge in [-0.05, 0) is 74.5 Å². The van der Waals surface area contributed by atoms with Crippen molar-refractivity contribution in [2.75, 3.05) is 13.2 Å². The Balaban J connectivity index is 1.32. The van der Waals surface area contributed by atoms with Crippen LogP contribution in [0.4, 0.5) is 0 Å². The van der Waals surface area contributed by atoms with E-state index in [1.807, 2.05) is 0 Å². The van der Waals surface area contributed by atoms with Gasteiger partial charge in [-0.15, -0.1) is 0 Å². The van der Waals surface area contributed by atoms with Gasteiger partial charge < -0.3 is 10.1 Å². The largest absolute Gasteiger partial charge is 0.376 e. The predicted molar refractivity (Wildman–Crippen MR) is 77.2 cm³/mol. The third-order valence-electron chi connectivity index (χ3n) is 6.25. The van der Waals surface area contributed by atoms with Gasteiger partial charge in [-0.2, -0.15) is 0 Å². The van der Waals surface area contributed by atoms with Crippen molar-refractivity contribution in [2.24, 2.45) is 23.2 Å². The SMILES string of the molecule is O=C(CC12CC3CC(CC(C3)C1)C2)NC[C@H]1CCCO1. The maximum absolute atomic E-state index is 12.3. The van der Waals surface area contributed by atoms with Gasteiger partial charge in [0.1, 0.15) is 0 Å². The number of ether oxygens (including phenoxy) is 1. The highest BCUT2D eigenvalue weighted by molar-refractivity contribution is 5.76. The number of carbonyl (C=O) groups is 1. The van der Waals surface area contributed by atoms with E-state index in [0.717, 1.165) is 50.2 Å². The predicted octanol–water partition coefficient (Wildman–Crippen LogP) is 2.89. The second-order valence-corrected chi connectivity index (χ2v) is 8.03. The van der Waals surface area contributed by atoms with E-state index < -0.39 is 0 Å². The minimum Gasteiger partial charge on any atom is -0.376 e. The Bertz CT molecular complexity index is 351. The summed E-state index contributed by atoms with van der Waals surface area (Å²) in [4.78, 5) is 12.3. The van der Waals surface area contributed by atoms with E-state index in [-0.39, 0.29) is 12.0 Å². The summed E-state index contributed by atoms with van der Waals surface area (Å²) < 4.78 is 5.58. The molecule has 0 spiro atoms. The number of nitrogens with one attached hydrogen (secondary N) is 1. The van der Waals surface area contributed by atoms with Crippen LogP contribution in [0.15, 0.2) is 0 Å². The minimum absolute atomic E-state index is 0.273. The van der Waals surface area contributed by atoms with E-state index in [9.17, 15) is 4.79 Å². The molecule has 1 aliphatic heterocycles. The molecule has 1 N–H and O–H groups in total. The van der Waals surface area contributed by atoms with E-state index in [2.05, 4.69) is 5.32 Å². The molecule has 20 heavy (non-hydrogen) atoms. The summed E-state index contributed by atoms with van der Waals surface area (Å²) in [5.74, 6) is 3.09. The van der Waals surface area contributed by atoms with Crippen molar-refractivity contribution in [1.29, 1.82) is 0 Å². The first-order valence-corrected chi connectivity index (χ1v) is 8.59. The van der Waals surface area contributed by atoms with Gasteiger partial charge in [0.25, 0.3) is 0 Å². The minimum atomic E-state index is 0.273. The lowest BCUT2D eigenvalue weighted by Crippen LogP contribution is -2.48. The van der Waals surface area contributed by atoms with Crippen molar-refractivity contribution in [3.63, 3.8) is 0 Å². The van der Waals surface area contributed by atoms with Gasteiger partial charge in [0.2, 0.25) is 5.91 Å². The Labute approximate surface area is 121 Å². The molecule has 0 radical (unpaired) electrons. The van der Waals surface area contributed by atoms with Crippen LogP contribution in [0.25, 0.3) is 0 Å². The van der Waals surface area contributed by atoms with Crippen LogP contribution in [0, 0.1) is 23.2 Å². The van der Waals surface area contributed by atoms with E-state index in [1.54, 1.807) is 0 Å². The quantitative estimate of drug-likeness (QED) is 0.858. The fraction of sp³-hybridized carbons (Fsp3) is 0.941. The highest BCUT2D eigenvalue weighted by Gasteiger charge is 2.51. The molecule has 1 atom stereocenters. The van der Waals surface area contributed by atoms with Crippen molar-refractivity contribution < 1.29 is 9.53 Å². The lowest BCUT2D eigenvalue weighted by molar-refractivity contribution is -0.129. The molecule has 5 rings (SSSR count). The first-order valence-electron chi connectivity index (χ1n) is 8.59. The lowest BCUT2D eigenvalue weighted by Gasteiger charge is -2.56. The smallest absolute Gasteiger partial charge is 0.220 e. The average Bonchev–Trinajstić information content (AvgIpc) is 2.87. The molecule has 1 amide bonds. The fourth-order valence-electron chi connectivity index (χ4n) is 5.94. The third kappa shape index (κ3) is 2.49. The molecule has 0 aromatic carbocycles. The molecule has 112 valence electrons. The molecule has 3 heteroatoms. The van der Waals surface area contributed by atoms with Crippen LogP contribution >= 0.6 is 0 Å². The van der Waals surface area contributed by atoms with Gasteiger partial charge in [-0.1, -0.05) is 0 Å². The molecule has 3 nitrogen and oxygen atoms in total. The van der Waals surface area contributed by atoms with E-state index in [0.29, 0.717) is 5.41 Å². The monoisotopic (exact) mass is 277 g/mol. The number of hydrogen-bond acceptors (Lipinski definition) is 2. The summed E-state index contributed by atoms with van der Waals surface area (Å²) in [5.41, 5.74) is 0.370. The van der Waals surface area contributed by atoms with Crippen molar-refractivity contribution in [2.45, 2.75) is 63.9 Å². The molecular formula is C17H27NO2. The Hall–Kier alpha value is -0.570. The first kappa shape index (κ1) is 13.1. The molecule has 4 aliphatic carbocycles. The second-order valence-electron chi connectivity index (χ2n) is 8.03. The number of carbonyl (C=O) groups excluding carboxylic acids is 1. The maximum atomic E-state index is 12.3. The number of rotatable bonds is 4. The van der Waals surface area contributed by atoms with Gasteiger partial charge >= 0.3 is 0 Å². The maximum Gasteiger partial charge on any atom is 0.220 e. The Kier molecular flexibility index (Phi) is 3.29. The van der Waals surface area contributed by atoms with Crippen LogP contribution in [0.2, 0.25) is 0 Å². The van der Waals surface area contributed by atoms with E-state index in [1.165, 1.54) is 38.5 Å². The molecule has 0 aromatic heterocycles. The van der Waals surface area contributed by atoms with Gasteiger partial charge in [-0.25, -0.2) is 0 Å². The highest BCUT2D eigenvalue weighted by Crippen LogP contribution is 2.61. The summed E-state index contributed by atoms with van der Waals surface area (Å²) in [6, 6.07) is 0. The fourth-order valence-corrected chi connectivity index (χ4v) is 5.94. The summed E-state index contributed by atoms with van der Waals surface area (Å²) >= 11 is 0. The van der Waals surface area contributed by atoms with Crippen LogP contribution in [-0.4, -0.2) is 25.2 Å². The third-order valence-corrected chi connectivity index (χ3v) is 6.25. The highest BCUT2D eigenvalue weighted by atomic mass is 16.5. The van der Waals surface area contributed by atoms with E-state index >= 15 is 0 Å². The zero-order valence-corrected chi connectivity index (χ0v) is 12.4. The summed E-state index contributed by atoms with van der Waals surface area (Å²) in [5, 5.41) is 3.14. The van der Waals surface area contributed by atoms with Crippen LogP contribution in [0.5, 0.6) is 0 Å². The van der Waals surface area contributed by atoms with Gasteiger partial charge in [-0.3, -0.25) is 4.79 Å². The topological polar surface area (TPSA) is 38.3 Å². The zero-order valence-electron chi connectivity index (χ0n) is 12.4. The van der Waals surface area contributed by atoms with Gasteiger partial charge in [0, 0.05) is 19.6 Å². The van der Waals surface area contributed by atoms with Crippen molar-refractivity contribution in [3.8, 4) is 0 Å². The van der Waals surface area contributed by atoms with E-state index in [4.69, 9.17) is 4.74 Å². The molecule has 4 saturated carbocycles. The van der Waals surface area contributed by atoms with Gasteiger partial charge in [0.15, 0.2) is 0 Å². The van der Waals surface area contributed by atoms with Crippen molar-refractivity contribution in [1.82, 2.24) is 5.32 Å². The number of hydrogen-bond donors (Lipinski definition) is 1. The molecule has 4 bridgehead atoms. The Morgan fingerprint density at radius 1 is 1.10 bits per heavy atom. The lowest BCUT2D eigenvalue weighted by atomic mass is 9.49. The molecule has 0 aromatic rings. The summed E-state index contributed by atoms with van der Waals surface area (Å²) in [6.07, 6.45) is 11.7. The van der Waals surface area contributed by atoms with Crippen LogP contribution < -0.4 is 5.32 Å². The summed E-state index contributed by atoms with van der Waals surface area (Å²) in [6.45, 7) is 1.60. The normalized spacial score (nSPS) is 45.8. The molecule has 1 saturated heterocycles. The summed E-state index contributed by atoms with van der Waals surface area (Å²) in [7, 11) is 0. The molecule has 1 heterocycles. The molecule has 5 fully saturated rings. The van der Waals surface area contributed by atoms with Crippen molar-refractivity contribution >= 4 is 5.91 Å². The molecule has 0 unspecified atom stereocenters. The molecule has 5 aliphatic rings. The standard InChI is InChI=1S/C17H27NO2/c19-16(18-11-15-2-1-3-20-15)10-17-7-12-4-13(8-17)6-14(5-12)9-17/h12-15H,1-11H2,(H,18,19)/t12?,13?,14?,15-,17?/m1/s1. The number of amides is 1. The molecular weight excluding hydrogens is 250 g/mol. The average molecular weight is 277 g/mol. The van der Waals surface area contributed by atoms with Crippen LogP contribution in [0.1, 0.15) is 57.8 Å². The van der Waals surface area contributed by atoms with Gasteiger partial charge in [0.05, 0.1) is 6.10 Å². The van der Waals surface area contributed by atoms with Crippen LogP contribution in [0.3, 0.4) is 0 Å². The van der Waals surface area contributed by atoms with Crippen molar-refractivity contribution in [3.05, 3.63) is 0 Å². The zero-order chi connectivity index (χ0) is 13.6. The second kappa shape index (κ2) is 5.01. The first-order chi connectivity index (χ1) is 9.71. The van der Waals surface area contributed by atoms with Crippen LogP contribution in [-0.2, 0) is 9.53 Å². The Morgan fingerprint density at radius 2 is 1.75 bits per heavy atom.